The van der Waals surface area contributed by atoms with Crippen molar-refractivity contribution in [2.24, 2.45) is 5.92 Å². The molecule has 2 atom stereocenters. The molecule has 1 aromatic carbocycles. The summed E-state index contributed by atoms with van der Waals surface area (Å²) >= 11 is 6.43. The summed E-state index contributed by atoms with van der Waals surface area (Å²) in [6.45, 7) is 7.48. The Morgan fingerprint density at radius 1 is 1.16 bits per heavy atom. The molecule has 0 N–H and O–H groups in total. The number of fused-ring (bicyclic) bond motifs is 4. The van der Waals surface area contributed by atoms with Crippen molar-refractivity contribution in [1.29, 1.82) is 0 Å². The highest BCUT2D eigenvalue weighted by atomic mass is 35.5. The van der Waals surface area contributed by atoms with Crippen molar-refractivity contribution >= 4 is 17.5 Å². The van der Waals surface area contributed by atoms with Crippen LogP contribution in [0.3, 0.4) is 0 Å². The topological polar surface area (TPSA) is 42.0 Å². The molecule has 0 aliphatic carbocycles. The van der Waals surface area contributed by atoms with E-state index in [0.29, 0.717) is 41.7 Å². The molecule has 0 radical (unpaired) electrons. The minimum Gasteiger partial charge on any atom is -0.490 e. The Hall–Kier alpha value is -1.46. The Labute approximate surface area is 154 Å². The Morgan fingerprint density at radius 3 is 2.64 bits per heavy atom. The van der Waals surface area contributed by atoms with Gasteiger partial charge >= 0.3 is 0 Å². The smallest absolute Gasteiger partial charge is 0.227 e. The van der Waals surface area contributed by atoms with Crippen LogP contribution in [0.25, 0.3) is 0 Å². The molecule has 5 nitrogen and oxygen atoms in total. The Kier molecular flexibility index (Phi) is 5.74. The first-order valence-electron chi connectivity index (χ1n) is 9.10. The van der Waals surface area contributed by atoms with Gasteiger partial charge in [0.05, 0.1) is 24.2 Å². The van der Waals surface area contributed by atoms with Crippen LogP contribution in [0.4, 0.5) is 0 Å². The van der Waals surface area contributed by atoms with E-state index in [1.54, 1.807) is 0 Å². The van der Waals surface area contributed by atoms with Crippen molar-refractivity contribution in [3.05, 3.63) is 22.7 Å². The number of carbonyl (C=O) groups excluding carboxylic acids is 1. The van der Waals surface area contributed by atoms with Gasteiger partial charge in [-0.25, -0.2) is 0 Å². The summed E-state index contributed by atoms with van der Waals surface area (Å²) in [5, 5.41) is 0.578. The zero-order valence-electron chi connectivity index (χ0n) is 15.3. The average Bonchev–Trinajstić information content (AvgIpc) is 2.84. The molecule has 0 spiro atoms. The van der Waals surface area contributed by atoms with E-state index >= 15 is 0 Å². The van der Waals surface area contributed by atoms with Crippen molar-refractivity contribution in [3.63, 3.8) is 0 Å². The van der Waals surface area contributed by atoms with Crippen LogP contribution in [-0.4, -0.2) is 55.1 Å². The van der Waals surface area contributed by atoms with Gasteiger partial charge in [0.25, 0.3) is 0 Å². The lowest BCUT2D eigenvalue weighted by Gasteiger charge is -2.32. The first kappa shape index (κ1) is 18.3. The van der Waals surface area contributed by atoms with Crippen LogP contribution in [0.15, 0.2) is 12.1 Å². The number of rotatable bonds is 6. The van der Waals surface area contributed by atoms with Crippen LogP contribution in [0.1, 0.15) is 32.3 Å². The van der Waals surface area contributed by atoms with Crippen LogP contribution in [0, 0.1) is 5.92 Å². The lowest BCUT2D eigenvalue weighted by molar-refractivity contribution is -0.138. The number of nitrogens with zero attached hydrogens (tertiary/aromatic N) is 2. The molecule has 3 fully saturated rings. The molecule has 3 saturated heterocycles. The lowest BCUT2D eigenvalue weighted by Crippen LogP contribution is -2.45. The minimum absolute atomic E-state index is 0.119. The quantitative estimate of drug-likeness (QED) is 0.775. The van der Waals surface area contributed by atoms with Crippen molar-refractivity contribution in [1.82, 2.24) is 9.80 Å². The van der Waals surface area contributed by atoms with Crippen molar-refractivity contribution in [3.8, 4) is 11.5 Å². The number of ether oxygens (including phenoxy) is 2. The van der Waals surface area contributed by atoms with E-state index in [-0.39, 0.29) is 5.92 Å². The highest BCUT2D eigenvalue weighted by Gasteiger charge is 2.38. The Balaban J connectivity index is 1.79. The van der Waals surface area contributed by atoms with E-state index in [1.165, 1.54) is 0 Å². The second-order valence-electron chi connectivity index (χ2n) is 6.84. The Morgan fingerprint density at radius 2 is 1.92 bits per heavy atom. The number of halogens is 1. The molecular formula is C19H27ClN2O3. The van der Waals surface area contributed by atoms with Gasteiger partial charge in [0.1, 0.15) is 0 Å². The van der Waals surface area contributed by atoms with Crippen LogP contribution in [0.2, 0.25) is 5.02 Å². The zero-order chi connectivity index (χ0) is 18.0. The van der Waals surface area contributed by atoms with Gasteiger partial charge in [-0.3, -0.25) is 9.69 Å². The molecule has 1 amide bonds. The number of carbonyl (C=O) groups is 1. The highest BCUT2D eigenvalue weighted by molar-refractivity contribution is 6.32. The first-order valence-corrected chi connectivity index (χ1v) is 9.48. The number of piperidine rings is 1. The molecule has 25 heavy (non-hydrogen) atoms. The average molecular weight is 367 g/mol. The van der Waals surface area contributed by atoms with E-state index in [4.69, 9.17) is 21.1 Å². The molecular weight excluding hydrogens is 340 g/mol. The van der Waals surface area contributed by atoms with E-state index in [9.17, 15) is 4.79 Å². The largest absolute Gasteiger partial charge is 0.490 e. The van der Waals surface area contributed by atoms with E-state index in [2.05, 4.69) is 4.90 Å². The summed E-state index contributed by atoms with van der Waals surface area (Å²) in [6.07, 6.45) is 2.09. The van der Waals surface area contributed by atoms with Gasteiger partial charge in [-0.1, -0.05) is 11.6 Å². The van der Waals surface area contributed by atoms with Gasteiger partial charge in [-0.05, 0) is 44.4 Å². The maximum absolute atomic E-state index is 12.4. The van der Waals surface area contributed by atoms with Crippen LogP contribution < -0.4 is 9.47 Å². The second-order valence-corrected chi connectivity index (χ2v) is 7.25. The molecule has 2 bridgehead atoms. The molecule has 3 aliphatic rings. The lowest BCUT2D eigenvalue weighted by atomic mass is 9.95. The van der Waals surface area contributed by atoms with E-state index in [0.717, 1.165) is 38.0 Å². The molecule has 6 heteroatoms. The van der Waals surface area contributed by atoms with Crippen LogP contribution >= 0.6 is 11.6 Å². The predicted octanol–water partition coefficient (Wildman–Crippen LogP) is 3.19. The first-order chi connectivity index (χ1) is 12.0. The maximum atomic E-state index is 12.4. The molecule has 138 valence electrons. The fourth-order valence-electron chi connectivity index (χ4n) is 3.89. The summed E-state index contributed by atoms with van der Waals surface area (Å²) in [5.74, 6) is 1.71. The standard InChI is InChI=1S/C19H27ClN2O3/c1-4-24-17-9-13(8-16(20)18(17)25-5-2)10-22-11-14-6-7-15(12-22)21(3)19(14)23/h8-9,14-15H,4-7,10-12H2,1-3H3/t14-,15+/m1/s1. The molecule has 3 heterocycles. The second kappa shape index (κ2) is 7.83. The van der Waals surface area contributed by atoms with Gasteiger partial charge in [-0.2, -0.15) is 0 Å². The fraction of sp³-hybridized carbons (Fsp3) is 0.632. The maximum Gasteiger partial charge on any atom is 0.227 e. The van der Waals surface area contributed by atoms with Gasteiger partial charge < -0.3 is 14.4 Å². The number of benzene rings is 1. The van der Waals surface area contributed by atoms with Gasteiger partial charge in [-0.15, -0.1) is 0 Å². The van der Waals surface area contributed by atoms with Crippen molar-refractivity contribution < 1.29 is 14.3 Å². The highest BCUT2D eigenvalue weighted by Crippen LogP contribution is 2.37. The molecule has 3 aliphatic heterocycles. The minimum atomic E-state index is 0.119. The number of amides is 1. The number of hydrogen-bond donors (Lipinski definition) is 0. The predicted molar refractivity (Wildman–Crippen MR) is 98.3 cm³/mol. The normalized spacial score (nSPS) is 23.7. The third kappa shape index (κ3) is 3.87. The summed E-state index contributed by atoms with van der Waals surface area (Å²) in [7, 11) is 1.93. The number of likely N-dealkylation sites (N-methyl/N-ethyl adjacent to an activating group) is 1. The van der Waals surface area contributed by atoms with Gasteiger partial charge in [0.15, 0.2) is 11.5 Å². The summed E-state index contributed by atoms with van der Waals surface area (Å²) < 4.78 is 11.4. The fourth-order valence-corrected chi connectivity index (χ4v) is 4.18. The van der Waals surface area contributed by atoms with Gasteiger partial charge in [0, 0.05) is 32.7 Å². The van der Waals surface area contributed by atoms with E-state index in [1.807, 2.05) is 37.9 Å². The summed E-state index contributed by atoms with van der Waals surface area (Å²) in [6, 6.07) is 4.28. The SMILES string of the molecule is CCOc1cc(CN2C[C@H]3CC[C@@H](C2)N(C)C3=O)cc(Cl)c1OCC. The monoisotopic (exact) mass is 366 g/mol. The van der Waals surface area contributed by atoms with Crippen molar-refractivity contribution in [2.75, 3.05) is 33.4 Å². The molecule has 0 saturated carbocycles. The van der Waals surface area contributed by atoms with Crippen LogP contribution in [0.5, 0.6) is 11.5 Å². The molecule has 0 unspecified atom stereocenters. The summed E-state index contributed by atoms with van der Waals surface area (Å²) in [4.78, 5) is 16.7. The summed E-state index contributed by atoms with van der Waals surface area (Å²) in [5.41, 5.74) is 1.09. The van der Waals surface area contributed by atoms with E-state index < -0.39 is 0 Å². The van der Waals surface area contributed by atoms with Crippen molar-refractivity contribution in [2.45, 2.75) is 39.3 Å². The Bertz CT molecular complexity index is 637. The molecule has 4 rings (SSSR count). The van der Waals surface area contributed by atoms with Crippen LogP contribution in [-0.2, 0) is 11.3 Å². The zero-order valence-corrected chi connectivity index (χ0v) is 16.0. The number of hydrogen-bond acceptors (Lipinski definition) is 4. The third-order valence-electron chi connectivity index (χ3n) is 5.10. The molecule has 0 aromatic heterocycles. The van der Waals surface area contributed by atoms with Gasteiger partial charge in [0.2, 0.25) is 5.91 Å². The molecule has 1 aromatic rings. The third-order valence-corrected chi connectivity index (χ3v) is 5.39.